The number of hydrogen-bond acceptors (Lipinski definition) is 1. The summed E-state index contributed by atoms with van der Waals surface area (Å²) in [6, 6.07) is 2.13. The van der Waals surface area contributed by atoms with Gasteiger partial charge in [0, 0.05) is 11.3 Å². The van der Waals surface area contributed by atoms with Crippen LogP contribution in [0.5, 0.6) is 0 Å². The fourth-order valence-electron chi connectivity index (χ4n) is 1.27. The van der Waals surface area contributed by atoms with Gasteiger partial charge in [-0.3, -0.25) is 0 Å². The zero-order valence-corrected chi connectivity index (χ0v) is 8.23. The zero-order chi connectivity index (χ0) is 9.35. The van der Waals surface area contributed by atoms with E-state index in [-0.39, 0.29) is 5.41 Å². The number of nitrogens with one attached hydrogen (secondary N) is 1. The Balaban J connectivity index is 3.22. The van der Waals surface area contributed by atoms with Gasteiger partial charge in [0.25, 0.3) is 0 Å². The average molecular weight is 164 g/mol. The van der Waals surface area contributed by atoms with Crippen molar-refractivity contribution in [2.24, 2.45) is 4.99 Å². The van der Waals surface area contributed by atoms with Crippen molar-refractivity contribution in [3.8, 4) is 0 Å². The highest BCUT2D eigenvalue weighted by atomic mass is 14.9. The van der Waals surface area contributed by atoms with Gasteiger partial charge in [0.05, 0.1) is 0 Å². The van der Waals surface area contributed by atoms with E-state index in [1.807, 2.05) is 6.92 Å². The quantitative estimate of drug-likeness (QED) is 0.618. The number of aromatic nitrogens is 1. The largest absolute Gasteiger partial charge is 0.344 e. The molecule has 1 aromatic heterocycles. The highest BCUT2D eigenvalue weighted by Gasteiger charge is 2.19. The Bertz CT molecular complexity index is 289. The van der Waals surface area contributed by atoms with Crippen molar-refractivity contribution >= 4 is 12.5 Å². The molecule has 2 heteroatoms. The number of aliphatic imine (C=N–C) groups is 1. The summed E-state index contributed by atoms with van der Waals surface area (Å²) >= 11 is 0. The molecule has 0 fully saturated rings. The summed E-state index contributed by atoms with van der Waals surface area (Å²) in [6.07, 6.45) is 0. The van der Waals surface area contributed by atoms with Crippen molar-refractivity contribution in [2.45, 2.75) is 33.1 Å². The normalized spacial score (nSPS) is 11.7. The number of hydrogen-bond donors (Lipinski definition) is 1. The van der Waals surface area contributed by atoms with Gasteiger partial charge in [-0.05, 0) is 25.1 Å². The van der Waals surface area contributed by atoms with Crippen LogP contribution in [0.15, 0.2) is 11.1 Å². The molecule has 0 atom stereocenters. The molecule has 1 aromatic rings. The van der Waals surface area contributed by atoms with Crippen molar-refractivity contribution in [1.29, 1.82) is 0 Å². The molecule has 1 rings (SSSR count). The molecule has 0 radical (unpaired) electrons. The van der Waals surface area contributed by atoms with Crippen LogP contribution in [0.4, 0.5) is 5.82 Å². The molecule has 0 spiro atoms. The molecule has 0 aliphatic heterocycles. The van der Waals surface area contributed by atoms with Crippen LogP contribution in [-0.4, -0.2) is 11.7 Å². The van der Waals surface area contributed by atoms with E-state index >= 15 is 0 Å². The van der Waals surface area contributed by atoms with Crippen LogP contribution in [0.1, 0.15) is 32.0 Å². The standard InChI is InChI=1S/C10H16N2/c1-7-6-8(10(2,3)4)9(11-5)12-7/h6,12H,5H2,1-4H3. The van der Waals surface area contributed by atoms with E-state index in [4.69, 9.17) is 0 Å². The van der Waals surface area contributed by atoms with Gasteiger partial charge >= 0.3 is 0 Å². The van der Waals surface area contributed by atoms with Gasteiger partial charge in [-0.15, -0.1) is 0 Å². The van der Waals surface area contributed by atoms with Crippen molar-refractivity contribution < 1.29 is 0 Å². The molecule has 0 bridgehead atoms. The van der Waals surface area contributed by atoms with Crippen molar-refractivity contribution in [3.05, 3.63) is 17.3 Å². The third-order valence-electron chi connectivity index (χ3n) is 1.90. The lowest BCUT2D eigenvalue weighted by molar-refractivity contribution is 0.592. The summed E-state index contributed by atoms with van der Waals surface area (Å²) in [5, 5.41) is 0. The van der Waals surface area contributed by atoms with Crippen LogP contribution in [0.25, 0.3) is 0 Å². The molecule has 2 nitrogen and oxygen atoms in total. The lowest BCUT2D eigenvalue weighted by atomic mass is 9.88. The second-order valence-electron chi connectivity index (χ2n) is 4.12. The van der Waals surface area contributed by atoms with Crippen LogP contribution >= 0.6 is 0 Å². The average Bonchev–Trinajstić information content (AvgIpc) is 2.29. The predicted molar refractivity (Wildman–Crippen MR) is 53.4 cm³/mol. The number of aromatic amines is 1. The van der Waals surface area contributed by atoms with Crippen LogP contribution in [0.2, 0.25) is 0 Å². The Morgan fingerprint density at radius 2 is 2.00 bits per heavy atom. The number of rotatable bonds is 1. The van der Waals surface area contributed by atoms with Crippen molar-refractivity contribution in [3.63, 3.8) is 0 Å². The molecule has 0 unspecified atom stereocenters. The Morgan fingerprint density at radius 1 is 1.42 bits per heavy atom. The fraction of sp³-hybridized carbons (Fsp3) is 0.500. The van der Waals surface area contributed by atoms with Gasteiger partial charge in [-0.1, -0.05) is 20.8 Å². The maximum Gasteiger partial charge on any atom is 0.133 e. The zero-order valence-electron chi connectivity index (χ0n) is 8.23. The summed E-state index contributed by atoms with van der Waals surface area (Å²) in [4.78, 5) is 7.12. The molecule has 0 saturated carbocycles. The third kappa shape index (κ3) is 1.58. The van der Waals surface area contributed by atoms with Crippen LogP contribution in [0.3, 0.4) is 0 Å². The molecule has 0 aliphatic carbocycles. The molecular weight excluding hydrogens is 148 g/mol. The Labute approximate surface area is 73.7 Å². The maximum atomic E-state index is 3.95. The van der Waals surface area contributed by atoms with E-state index in [9.17, 15) is 0 Å². The first kappa shape index (κ1) is 9.04. The molecule has 0 aliphatic rings. The van der Waals surface area contributed by atoms with Gasteiger partial charge < -0.3 is 4.98 Å². The van der Waals surface area contributed by atoms with Gasteiger partial charge in [0.15, 0.2) is 0 Å². The molecular formula is C10H16N2. The van der Waals surface area contributed by atoms with E-state index in [0.717, 1.165) is 11.5 Å². The van der Waals surface area contributed by atoms with E-state index in [1.165, 1.54) is 5.56 Å². The molecule has 0 aromatic carbocycles. The Morgan fingerprint density at radius 3 is 2.33 bits per heavy atom. The fourth-order valence-corrected chi connectivity index (χ4v) is 1.27. The van der Waals surface area contributed by atoms with E-state index in [0.29, 0.717) is 0 Å². The summed E-state index contributed by atoms with van der Waals surface area (Å²) in [5.41, 5.74) is 2.51. The summed E-state index contributed by atoms with van der Waals surface area (Å²) in [5.74, 6) is 0.903. The maximum absolute atomic E-state index is 3.95. The first-order valence-corrected chi connectivity index (χ1v) is 4.12. The predicted octanol–water partition coefficient (Wildman–Crippen LogP) is 2.95. The molecule has 0 saturated heterocycles. The van der Waals surface area contributed by atoms with Crippen molar-refractivity contribution in [2.75, 3.05) is 0 Å². The highest BCUT2D eigenvalue weighted by molar-refractivity contribution is 5.50. The lowest BCUT2D eigenvalue weighted by Crippen LogP contribution is -2.09. The number of nitrogens with zero attached hydrogens (tertiary/aromatic N) is 1. The molecule has 1 N–H and O–H groups in total. The van der Waals surface area contributed by atoms with Crippen molar-refractivity contribution in [1.82, 2.24) is 4.98 Å². The minimum Gasteiger partial charge on any atom is -0.344 e. The van der Waals surface area contributed by atoms with E-state index < -0.39 is 0 Å². The second kappa shape index (κ2) is 2.77. The topological polar surface area (TPSA) is 28.1 Å². The number of aryl methyl sites for hydroxylation is 1. The summed E-state index contributed by atoms with van der Waals surface area (Å²) < 4.78 is 0. The van der Waals surface area contributed by atoms with Crippen LogP contribution in [-0.2, 0) is 5.41 Å². The lowest BCUT2D eigenvalue weighted by Gasteiger charge is -2.17. The Kier molecular flexibility index (Phi) is 2.09. The van der Waals surface area contributed by atoms with Gasteiger partial charge in [0.1, 0.15) is 5.82 Å². The minimum atomic E-state index is 0.140. The molecule has 1 heterocycles. The smallest absolute Gasteiger partial charge is 0.133 e. The first-order valence-electron chi connectivity index (χ1n) is 4.12. The van der Waals surface area contributed by atoms with E-state index in [2.05, 4.69) is 43.5 Å². The molecule has 0 amide bonds. The molecule has 12 heavy (non-hydrogen) atoms. The monoisotopic (exact) mass is 164 g/mol. The molecule has 66 valence electrons. The number of H-pyrrole nitrogens is 1. The van der Waals surface area contributed by atoms with Crippen LogP contribution in [0, 0.1) is 6.92 Å². The Hall–Kier alpha value is -1.05. The third-order valence-corrected chi connectivity index (χ3v) is 1.90. The minimum absolute atomic E-state index is 0.140. The highest BCUT2D eigenvalue weighted by Crippen LogP contribution is 2.31. The summed E-state index contributed by atoms with van der Waals surface area (Å²) in [6.45, 7) is 12.1. The summed E-state index contributed by atoms with van der Waals surface area (Å²) in [7, 11) is 0. The van der Waals surface area contributed by atoms with Gasteiger partial charge in [-0.2, -0.15) is 0 Å². The first-order chi connectivity index (χ1) is 5.45. The van der Waals surface area contributed by atoms with Gasteiger partial charge in [-0.25, -0.2) is 4.99 Å². The van der Waals surface area contributed by atoms with E-state index in [1.54, 1.807) is 0 Å². The van der Waals surface area contributed by atoms with Gasteiger partial charge in [0.2, 0.25) is 0 Å². The second-order valence-corrected chi connectivity index (χ2v) is 4.12. The SMILES string of the molecule is C=Nc1[nH]c(C)cc1C(C)(C)C. The van der Waals surface area contributed by atoms with Crippen LogP contribution < -0.4 is 0 Å².